The number of methoxy groups -OCH3 is 1. The normalized spacial score (nSPS) is 12.2. The molecule has 0 saturated heterocycles. The van der Waals surface area contributed by atoms with Crippen molar-refractivity contribution < 1.29 is 61.4 Å². The van der Waals surface area contributed by atoms with Gasteiger partial charge in [-0.2, -0.15) is 33.7 Å². The van der Waals surface area contributed by atoms with E-state index >= 15 is 0 Å². The summed E-state index contributed by atoms with van der Waals surface area (Å²) in [6.07, 6.45) is 0.382. The lowest BCUT2D eigenvalue weighted by Gasteiger charge is -2.23. The number of aldehydes is 1. The van der Waals surface area contributed by atoms with Crippen molar-refractivity contribution in [3.05, 3.63) is 147 Å². The van der Waals surface area contributed by atoms with Gasteiger partial charge in [-0.3, -0.25) is 23.0 Å². The summed E-state index contributed by atoms with van der Waals surface area (Å²) in [7, 11) is -17.9. The highest BCUT2D eigenvalue weighted by Crippen LogP contribution is 2.41. The van der Waals surface area contributed by atoms with Gasteiger partial charge >= 0.3 is 0 Å². The standard InChI is InChI=1S/C45H45N3O14S4/c1-24-18-26(3)44(65(56,57)58)28(5)42(24)47-33-12-8-30(9-13-33)41(31-10-14-34(15-11-31)48-43-25(2)19-27(4)45(29(43)6)66(59,60)61)36-17-16-35(21-39(36)63(50,51)52)46-37-22-40(64(53,54)55)38(62-7)20-32(37)23-49/h8-23,41,46-48H,1-7H3,(H,50,51,52)(H,53,54,55)(H,56,57,58)(H,59,60,61). The Morgan fingerprint density at radius 1 is 0.500 bits per heavy atom. The van der Waals surface area contributed by atoms with Crippen LogP contribution in [0.15, 0.2) is 111 Å². The molecule has 6 aromatic rings. The number of hydrogen-bond acceptors (Lipinski definition) is 13. The first-order chi connectivity index (χ1) is 30.6. The number of aryl methyl sites for hydroxylation is 4. The molecule has 0 atom stereocenters. The average Bonchev–Trinajstić information content (AvgIpc) is 3.20. The molecule has 0 aliphatic heterocycles. The van der Waals surface area contributed by atoms with E-state index < -0.39 is 56.2 Å². The van der Waals surface area contributed by atoms with E-state index in [1.807, 2.05) is 0 Å². The molecule has 0 heterocycles. The third-order valence-electron chi connectivity index (χ3n) is 11.0. The van der Waals surface area contributed by atoms with Gasteiger partial charge in [-0.25, -0.2) is 0 Å². The van der Waals surface area contributed by atoms with Crippen molar-refractivity contribution in [3.63, 3.8) is 0 Å². The Morgan fingerprint density at radius 3 is 1.30 bits per heavy atom. The highest BCUT2D eigenvalue weighted by molar-refractivity contribution is 7.86. The minimum atomic E-state index is -5.05. The molecule has 6 rings (SSSR count). The molecule has 0 saturated carbocycles. The number of nitrogens with one attached hydrogen (secondary N) is 3. The molecule has 66 heavy (non-hydrogen) atoms. The highest BCUT2D eigenvalue weighted by atomic mass is 32.2. The monoisotopic (exact) mass is 979 g/mol. The highest BCUT2D eigenvalue weighted by Gasteiger charge is 2.28. The van der Waals surface area contributed by atoms with Crippen molar-refractivity contribution in [1.82, 2.24) is 0 Å². The van der Waals surface area contributed by atoms with Gasteiger partial charge in [-0.1, -0.05) is 42.5 Å². The second-order valence-electron chi connectivity index (χ2n) is 15.6. The third-order valence-corrected chi connectivity index (χ3v) is 15.0. The zero-order chi connectivity index (χ0) is 48.8. The summed E-state index contributed by atoms with van der Waals surface area (Å²) in [5.41, 5.74) is 5.29. The van der Waals surface area contributed by atoms with Gasteiger partial charge in [0.15, 0.2) is 6.29 Å². The molecule has 21 heteroatoms. The topological polar surface area (TPSA) is 280 Å². The Kier molecular flexibility index (Phi) is 13.6. The van der Waals surface area contributed by atoms with E-state index in [0.29, 0.717) is 62.4 Å². The molecule has 0 aliphatic rings. The lowest BCUT2D eigenvalue weighted by molar-refractivity contribution is 0.112. The van der Waals surface area contributed by atoms with Crippen LogP contribution in [0.4, 0.5) is 34.1 Å². The number of hydrogen-bond donors (Lipinski definition) is 7. The summed E-state index contributed by atoms with van der Waals surface area (Å²) >= 11 is 0. The number of rotatable bonds is 15. The summed E-state index contributed by atoms with van der Waals surface area (Å²) in [4.78, 5) is 10.3. The lowest BCUT2D eigenvalue weighted by atomic mass is 9.84. The maximum atomic E-state index is 13.3. The predicted octanol–water partition coefficient (Wildman–Crippen LogP) is 8.76. The first-order valence-corrected chi connectivity index (χ1v) is 25.3. The minimum Gasteiger partial charge on any atom is -0.495 e. The van der Waals surface area contributed by atoms with E-state index in [2.05, 4.69) is 16.0 Å². The summed E-state index contributed by atoms with van der Waals surface area (Å²) < 4.78 is 146. The summed E-state index contributed by atoms with van der Waals surface area (Å²) in [6.45, 7) is 9.79. The Bertz CT molecular complexity index is 3260. The van der Waals surface area contributed by atoms with Gasteiger partial charge in [0.2, 0.25) is 0 Å². The van der Waals surface area contributed by atoms with Crippen LogP contribution in [0, 0.1) is 41.5 Å². The molecule has 0 spiro atoms. The van der Waals surface area contributed by atoms with Crippen LogP contribution in [0.2, 0.25) is 0 Å². The van der Waals surface area contributed by atoms with Crippen molar-refractivity contribution in [2.75, 3.05) is 23.1 Å². The molecular formula is C45H45N3O14S4. The van der Waals surface area contributed by atoms with Crippen LogP contribution in [0.3, 0.4) is 0 Å². The average molecular weight is 980 g/mol. The number of benzene rings is 6. The van der Waals surface area contributed by atoms with E-state index in [0.717, 1.165) is 25.3 Å². The molecule has 6 aromatic carbocycles. The summed E-state index contributed by atoms with van der Waals surface area (Å²) in [5.74, 6) is -1.27. The van der Waals surface area contributed by atoms with Crippen LogP contribution in [0.25, 0.3) is 0 Å². The van der Waals surface area contributed by atoms with E-state index in [1.54, 1.807) is 102 Å². The van der Waals surface area contributed by atoms with Crippen molar-refractivity contribution in [1.29, 1.82) is 0 Å². The zero-order valence-electron chi connectivity index (χ0n) is 36.3. The van der Waals surface area contributed by atoms with E-state index in [9.17, 15) is 56.7 Å². The quantitative estimate of drug-likeness (QED) is 0.0288. The lowest BCUT2D eigenvalue weighted by Crippen LogP contribution is -2.12. The van der Waals surface area contributed by atoms with Crippen LogP contribution >= 0.6 is 0 Å². The predicted molar refractivity (Wildman–Crippen MR) is 249 cm³/mol. The zero-order valence-corrected chi connectivity index (χ0v) is 39.6. The molecule has 17 nitrogen and oxygen atoms in total. The molecule has 0 bridgehead atoms. The van der Waals surface area contributed by atoms with Crippen LogP contribution in [-0.4, -0.2) is 65.3 Å². The van der Waals surface area contributed by atoms with Gasteiger partial charge in [-0.15, -0.1) is 0 Å². The third kappa shape index (κ3) is 10.3. The largest absolute Gasteiger partial charge is 0.495 e. The number of carbonyl (C=O) groups is 1. The van der Waals surface area contributed by atoms with E-state index in [-0.39, 0.29) is 49.2 Å². The van der Waals surface area contributed by atoms with Gasteiger partial charge in [0.1, 0.15) is 25.3 Å². The second kappa shape index (κ2) is 18.2. The smallest absolute Gasteiger partial charge is 0.298 e. The molecule has 0 amide bonds. The number of carbonyl (C=O) groups excluding carboxylic acids is 1. The van der Waals surface area contributed by atoms with Crippen LogP contribution in [-0.2, 0) is 40.5 Å². The van der Waals surface area contributed by atoms with Crippen molar-refractivity contribution in [2.24, 2.45) is 0 Å². The van der Waals surface area contributed by atoms with Gasteiger partial charge in [0.25, 0.3) is 40.5 Å². The maximum Gasteiger partial charge on any atom is 0.298 e. The SMILES string of the molecule is COc1cc(C=O)c(Nc2ccc(C(c3ccc(Nc4c(C)cc(C)c(S(=O)(=O)O)c4C)cc3)c3ccc(Nc4c(C)cc(C)c(S(=O)(=O)O)c4C)cc3)c(S(=O)(=O)O)c2)cc1S(=O)(=O)O. The summed E-state index contributed by atoms with van der Waals surface area (Å²) in [5, 5.41) is 9.22. The summed E-state index contributed by atoms with van der Waals surface area (Å²) in [6, 6.07) is 22.6. The van der Waals surface area contributed by atoms with Gasteiger partial charge in [0.05, 0.1) is 12.8 Å². The van der Waals surface area contributed by atoms with E-state index in [4.69, 9.17) is 4.74 Å². The molecule has 0 radical (unpaired) electrons. The fraction of sp³-hybridized carbons (Fsp3) is 0.178. The molecule has 0 aliphatic carbocycles. The van der Waals surface area contributed by atoms with Crippen LogP contribution in [0.5, 0.6) is 5.75 Å². The van der Waals surface area contributed by atoms with Gasteiger partial charge in [0, 0.05) is 39.9 Å². The Morgan fingerprint density at radius 2 is 0.924 bits per heavy atom. The molecule has 348 valence electrons. The van der Waals surface area contributed by atoms with E-state index in [1.165, 1.54) is 12.1 Å². The van der Waals surface area contributed by atoms with Crippen molar-refractivity contribution in [2.45, 2.75) is 67.0 Å². The molecular weight excluding hydrogens is 935 g/mol. The first kappa shape index (κ1) is 49.3. The van der Waals surface area contributed by atoms with Gasteiger partial charge in [-0.05, 0) is 140 Å². The van der Waals surface area contributed by atoms with Crippen molar-refractivity contribution >= 4 is 80.9 Å². The number of ether oxygens (including phenoxy) is 1. The Labute approximate surface area is 382 Å². The molecule has 0 fully saturated rings. The number of anilines is 6. The maximum absolute atomic E-state index is 13.3. The fourth-order valence-corrected chi connectivity index (χ4v) is 11.6. The van der Waals surface area contributed by atoms with Crippen molar-refractivity contribution in [3.8, 4) is 5.75 Å². The molecule has 0 aromatic heterocycles. The fourth-order valence-electron chi connectivity index (χ4n) is 8.24. The Balaban J connectivity index is 1.48. The molecule has 0 unspecified atom stereocenters. The minimum absolute atomic E-state index is 0.0139. The molecule has 7 N–H and O–H groups in total. The van der Waals surface area contributed by atoms with Crippen LogP contribution < -0.4 is 20.7 Å². The van der Waals surface area contributed by atoms with Gasteiger partial charge < -0.3 is 20.7 Å². The second-order valence-corrected chi connectivity index (χ2v) is 21.1. The first-order valence-electron chi connectivity index (χ1n) is 19.6. The Hall–Kier alpha value is -6.17. The van der Waals surface area contributed by atoms with Crippen LogP contribution in [0.1, 0.15) is 66.3 Å².